The van der Waals surface area contributed by atoms with Crippen LogP contribution in [0.15, 0.2) is 0 Å². The van der Waals surface area contributed by atoms with Crippen molar-refractivity contribution in [2.75, 3.05) is 0 Å². The molecule has 2 N–H and O–H groups in total. The van der Waals surface area contributed by atoms with Crippen LogP contribution in [-0.2, 0) is 9.59 Å². The SMILES string of the molecule is CC(=O)C(=O)C(C)N. The molecule has 0 aliphatic carbocycles. The Hall–Kier alpha value is -0.700. The van der Waals surface area contributed by atoms with Gasteiger partial charge in [-0.3, -0.25) is 9.59 Å². The highest BCUT2D eigenvalue weighted by Gasteiger charge is 2.11. The molecule has 3 heteroatoms. The maximum Gasteiger partial charge on any atom is 0.214 e. The molecule has 0 aromatic carbocycles. The molecule has 46 valence electrons. The van der Waals surface area contributed by atoms with Gasteiger partial charge in [0.1, 0.15) is 0 Å². The van der Waals surface area contributed by atoms with Gasteiger partial charge < -0.3 is 5.73 Å². The maximum absolute atomic E-state index is 10.4. The Morgan fingerprint density at radius 1 is 1.50 bits per heavy atom. The zero-order valence-electron chi connectivity index (χ0n) is 4.97. The third kappa shape index (κ3) is 1.84. The molecule has 0 bridgehead atoms. The first-order chi connectivity index (χ1) is 3.55. The van der Waals surface area contributed by atoms with E-state index < -0.39 is 17.6 Å². The van der Waals surface area contributed by atoms with E-state index in [2.05, 4.69) is 0 Å². The zero-order chi connectivity index (χ0) is 6.73. The second kappa shape index (κ2) is 2.57. The summed E-state index contributed by atoms with van der Waals surface area (Å²) in [6.45, 7) is 2.70. The molecule has 0 rings (SSSR count). The van der Waals surface area contributed by atoms with Crippen LogP contribution in [0, 0.1) is 0 Å². The zero-order valence-corrected chi connectivity index (χ0v) is 4.97. The van der Waals surface area contributed by atoms with Crippen molar-refractivity contribution in [2.24, 2.45) is 5.73 Å². The highest BCUT2D eigenvalue weighted by Crippen LogP contribution is 1.79. The summed E-state index contributed by atoms with van der Waals surface area (Å²) in [5.41, 5.74) is 5.07. The molecular weight excluding hydrogens is 106 g/mol. The lowest BCUT2D eigenvalue weighted by molar-refractivity contribution is -0.135. The van der Waals surface area contributed by atoms with Gasteiger partial charge in [0.15, 0.2) is 5.78 Å². The lowest BCUT2D eigenvalue weighted by Crippen LogP contribution is -2.31. The van der Waals surface area contributed by atoms with E-state index in [0.717, 1.165) is 0 Å². The van der Waals surface area contributed by atoms with Gasteiger partial charge in [0.05, 0.1) is 6.04 Å². The van der Waals surface area contributed by atoms with E-state index in [1.165, 1.54) is 13.8 Å². The van der Waals surface area contributed by atoms with Crippen molar-refractivity contribution in [1.29, 1.82) is 0 Å². The second-order valence-corrected chi connectivity index (χ2v) is 1.71. The summed E-state index contributed by atoms with van der Waals surface area (Å²) >= 11 is 0. The maximum atomic E-state index is 10.4. The summed E-state index contributed by atoms with van der Waals surface area (Å²) < 4.78 is 0. The lowest BCUT2D eigenvalue weighted by Gasteiger charge is -1.95. The first-order valence-electron chi connectivity index (χ1n) is 2.36. The molecule has 0 spiro atoms. The summed E-state index contributed by atoms with van der Waals surface area (Å²) in [5.74, 6) is -0.981. The minimum Gasteiger partial charge on any atom is -0.321 e. The number of carbonyl (C=O) groups excluding carboxylic acids is 2. The lowest BCUT2D eigenvalue weighted by atomic mass is 10.2. The van der Waals surface area contributed by atoms with Crippen molar-refractivity contribution in [3.05, 3.63) is 0 Å². The van der Waals surface area contributed by atoms with Crippen LogP contribution in [0.1, 0.15) is 13.8 Å². The third-order valence-electron chi connectivity index (χ3n) is 0.761. The van der Waals surface area contributed by atoms with Crippen LogP contribution in [0.4, 0.5) is 0 Å². The minimum absolute atomic E-state index is 0.472. The summed E-state index contributed by atoms with van der Waals surface area (Å²) in [6, 6.07) is -0.646. The average molecular weight is 115 g/mol. The topological polar surface area (TPSA) is 60.2 Å². The van der Waals surface area contributed by atoms with E-state index in [0.29, 0.717) is 0 Å². The fourth-order valence-electron chi connectivity index (χ4n) is 0.321. The van der Waals surface area contributed by atoms with E-state index >= 15 is 0 Å². The molecule has 0 aliphatic rings. The standard InChI is InChI=1S/C5H9NO2/c1-3(6)5(8)4(2)7/h3H,6H2,1-2H3. The van der Waals surface area contributed by atoms with Crippen LogP contribution < -0.4 is 5.73 Å². The Morgan fingerprint density at radius 2 is 1.88 bits per heavy atom. The quantitative estimate of drug-likeness (QED) is 0.493. The molecule has 0 fully saturated rings. The molecule has 0 amide bonds. The van der Waals surface area contributed by atoms with Crippen LogP contribution in [0.2, 0.25) is 0 Å². The number of nitrogens with two attached hydrogens (primary N) is 1. The van der Waals surface area contributed by atoms with Crippen molar-refractivity contribution < 1.29 is 9.59 Å². The molecule has 0 aromatic heterocycles. The van der Waals surface area contributed by atoms with E-state index in [-0.39, 0.29) is 0 Å². The number of Topliss-reactive ketones (excluding diaryl/α,β-unsaturated/α-hetero) is 2. The molecule has 1 unspecified atom stereocenters. The van der Waals surface area contributed by atoms with Crippen LogP contribution in [0.3, 0.4) is 0 Å². The summed E-state index contributed by atoms with van der Waals surface area (Å²) in [6.07, 6.45) is 0. The first-order valence-corrected chi connectivity index (χ1v) is 2.36. The van der Waals surface area contributed by atoms with E-state index in [4.69, 9.17) is 5.73 Å². The average Bonchev–Trinajstić information content (AvgIpc) is 1.64. The van der Waals surface area contributed by atoms with Crippen molar-refractivity contribution in [2.45, 2.75) is 19.9 Å². The van der Waals surface area contributed by atoms with Gasteiger partial charge in [0, 0.05) is 6.92 Å². The van der Waals surface area contributed by atoms with E-state index in [9.17, 15) is 9.59 Å². The van der Waals surface area contributed by atoms with Gasteiger partial charge in [-0.05, 0) is 6.92 Å². The van der Waals surface area contributed by atoms with Gasteiger partial charge in [0.2, 0.25) is 5.78 Å². The molecule has 0 heterocycles. The molecule has 0 aromatic rings. The second-order valence-electron chi connectivity index (χ2n) is 1.71. The third-order valence-corrected chi connectivity index (χ3v) is 0.761. The minimum atomic E-state index is -0.646. The summed E-state index contributed by atoms with van der Waals surface area (Å²) in [7, 11) is 0. The molecule has 3 nitrogen and oxygen atoms in total. The van der Waals surface area contributed by atoms with Gasteiger partial charge in [0.25, 0.3) is 0 Å². The van der Waals surface area contributed by atoms with Crippen molar-refractivity contribution in [3.8, 4) is 0 Å². The molecular formula is C5H9NO2. The van der Waals surface area contributed by atoms with Crippen LogP contribution in [-0.4, -0.2) is 17.6 Å². The number of hydrogen-bond donors (Lipinski definition) is 1. The molecule has 0 saturated heterocycles. The molecule has 0 aliphatic heterocycles. The fraction of sp³-hybridized carbons (Fsp3) is 0.600. The molecule has 8 heavy (non-hydrogen) atoms. The Kier molecular flexibility index (Phi) is 2.34. The van der Waals surface area contributed by atoms with E-state index in [1.54, 1.807) is 0 Å². The number of rotatable bonds is 2. The Labute approximate surface area is 47.9 Å². The number of carbonyl (C=O) groups is 2. The highest BCUT2D eigenvalue weighted by atomic mass is 16.2. The summed E-state index contributed by atoms with van der Waals surface area (Å²) in [5, 5.41) is 0. The number of ketones is 2. The van der Waals surface area contributed by atoms with Gasteiger partial charge in [-0.25, -0.2) is 0 Å². The number of hydrogen-bond acceptors (Lipinski definition) is 3. The Morgan fingerprint density at radius 3 is 1.88 bits per heavy atom. The van der Waals surface area contributed by atoms with Gasteiger partial charge in [-0.15, -0.1) is 0 Å². The fourth-order valence-corrected chi connectivity index (χ4v) is 0.321. The van der Waals surface area contributed by atoms with Crippen LogP contribution in [0.25, 0.3) is 0 Å². The Balaban J connectivity index is 3.84. The van der Waals surface area contributed by atoms with E-state index in [1.807, 2.05) is 0 Å². The first kappa shape index (κ1) is 7.30. The monoisotopic (exact) mass is 115 g/mol. The van der Waals surface area contributed by atoms with Crippen LogP contribution in [0.5, 0.6) is 0 Å². The van der Waals surface area contributed by atoms with Gasteiger partial charge in [-0.2, -0.15) is 0 Å². The normalized spacial score (nSPS) is 12.9. The smallest absolute Gasteiger partial charge is 0.214 e. The van der Waals surface area contributed by atoms with Crippen molar-refractivity contribution >= 4 is 11.6 Å². The predicted molar refractivity (Wildman–Crippen MR) is 29.3 cm³/mol. The molecule has 1 atom stereocenters. The van der Waals surface area contributed by atoms with Crippen molar-refractivity contribution in [3.63, 3.8) is 0 Å². The van der Waals surface area contributed by atoms with Gasteiger partial charge >= 0.3 is 0 Å². The summed E-state index contributed by atoms with van der Waals surface area (Å²) in [4.78, 5) is 20.5. The predicted octanol–water partition coefficient (Wildman–Crippen LogP) is -0.508. The molecule has 0 saturated carbocycles. The van der Waals surface area contributed by atoms with Gasteiger partial charge in [-0.1, -0.05) is 0 Å². The largest absolute Gasteiger partial charge is 0.321 e. The molecule has 0 radical (unpaired) electrons. The Bertz CT molecular complexity index is 118. The highest BCUT2D eigenvalue weighted by molar-refractivity contribution is 6.38. The van der Waals surface area contributed by atoms with Crippen molar-refractivity contribution in [1.82, 2.24) is 0 Å². The van der Waals surface area contributed by atoms with Crippen LogP contribution >= 0.6 is 0 Å².